The van der Waals surface area contributed by atoms with Crippen molar-refractivity contribution in [3.63, 3.8) is 0 Å². The summed E-state index contributed by atoms with van der Waals surface area (Å²) in [6, 6.07) is 7.46. The van der Waals surface area contributed by atoms with E-state index >= 15 is 0 Å². The molecule has 0 saturated carbocycles. The predicted molar refractivity (Wildman–Crippen MR) is 85.2 cm³/mol. The molecule has 21 heavy (non-hydrogen) atoms. The minimum absolute atomic E-state index is 0.330. The van der Waals surface area contributed by atoms with E-state index in [0.717, 1.165) is 21.9 Å². The smallest absolute Gasteiger partial charge is 0.145 e. The molecule has 112 valence electrons. The van der Waals surface area contributed by atoms with Crippen molar-refractivity contribution in [2.45, 2.75) is 39.7 Å². The fourth-order valence-electron chi connectivity index (χ4n) is 2.05. The van der Waals surface area contributed by atoms with Crippen molar-refractivity contribution in [2.75, 3.05) is 0 Å². The van der Waals surface area contributed by atoms with Gasteiger partial charge in [0.15, 0.2) is 0 Å². The normalized spacial score (nSPS) is 12.5. The molecule has 2 rings (SSSR count). The number of aromatic nitrogens is 1. The molecule has 1 heterocycles. The average Bonchev–Trinajstić information content (AvgIpc) is 2.42. The van der Waals surface area contributed by atoms with Gasteiger partial charge in [0.05, 0.1) is 18.0 Å². The van der Waals surface area contributed by atoms with Crippen LogP contribution >= 0.6 is 11.6 Å². The van der Waals surface area contributed by atoms with Crippen LogP contribution in [0.1, 0.15) is 49.6 Å². The number of hydrogen-bond donors (Lipinski definition) is 1. The van der Waals surface area contributed by atoms with Crippen LogP contribution in [0.5, 0.6) is 11.5 Å². The summed E-state index contributed by atoms with van der Waals surface area (Å²) >= 11 is 6.26. The molecular formula is C17H20ClNO2. The average molecular weight is 306 g/mol. The van der Waals surface area contributed by atoms with Crippen molar-refractivity contribution in [1.82, 2.24) is 4.98 Å². The van der Waals surface area contributed by atoms with E-state index in [9.17, 15) is 5.11 Å². The van der Waals surface area contributed by atoms with Crippen molar-refractivity contribution in [3.05, 3.63) is 52.3 Å². The molecule has 0 amide bonds. The summed E-state index contributed by atoms with van der Waals surface area (Å²) in [5, 5.41) is 10.2. The number of pyridine rings is 1. The van der Waals surface area contributed by atoms with Crippen LogP contribution in [0.15, 0.2) is 30.5 Å². The molecule has 0 radical (unpaired) electrons. The Morgan fingerprint density at radius 3 is 2.43 bits per heavy atom. The molecule has 0 unspecified atom stereocenters. The zero-order chi connectivity index (χ0) is 15.6. The van der Waals surface area contributed by atoms with Crippen molar-refractivity contribution >= 4 is 11.6 Å². The van der Waals surface area contributed by atoms with Gasteiger partial charge in [0, 0.05) is 5.02 Å². The van der Waals surface area contributed by atoms with Gasteiger partial charge in [-0.2, -0.15) is 0 Å². The summed E-state index contributed by atoms with van der Waals surface area (Å²) in [6.45, 7) is 7.84. The molecule has 0 aliphatic heterocycles. The molecule has 0 spiro atoms. The molecule has 4 heteroatoms. The molecule has 0 fully saturated rings. The third-order valence-corrected chi connectivity index (χ3v) is 3.66. The van der Waals surface area contributed by atoms with Gasteiger partial charge < -0.3 is 9.84 Å². The summed E-state index contributed by atoms with van der Waals surface area (Å²) in [4.78, 5) is 4.18. The standard InChI is InChI=1S/C17H20ClNO2/c1-10(2)14-8-17(11(3)7-15(14)18)21-13-5-6-16(12(4)20)19-9-13/h5-10,12,20H,1-4H3/t12-/m0/s1. The van der Waals surface area contributed by atoms with E-state index < -0.39 is 6.10 Å². The number of hydrogen-bond acceptors (Lipinski definition) is 3. The summed E-state index contributed by atoms with van der Waals surface area (Å²) in [6.07, 6.45) is 1.04. The Morgan fingerprint density at radius 2 is 1.90 bits per heavy atom. The fraction of sp³-hybridized carbons (Fsp3) is 0.353. The highest BCUT2D eigenvalue weighted by atomic mass is 35.5. The van der Waals surface area contributed by atoms with E-state index in [1.165, 1.54) is 0 Å². The number of benzene rings is 1. The highest BCUT2D eigenvalue weighted by Crippen LogP contribution is 2.33. The number of rotatable bonds is 4. The number of nitrogens with zero attached hydrogens (tertiary/aromatic N) is 1. The van der Waals surface area contributed by atoms with E-state index in [1.54, 1.807) is 25.3 Å². The number of ether oxygens (including phenoxy) is 1. The Kier molecular flexibility index (Phi) is 4.86. The van der Waals surface area contributed by atoms with Gasteiger partial charge in [0.1, 0.15) is 11.5 Å². The summed E-state index contributed by atoms with van der Waals surface area (Å²) < 4.78 is 5.89. The summed E-state index contributed by atoms with van der Waals surface area (Å²) in [5.74, 6) is 1.74. The minimum atomic E-state index is -0.580. The summed E-state index contributed by atoms with van der Waals surface area (Å²) in [7, 11) is 0. The monoisotopic (exact) mass is 305 g/mol. The van der Waals surface area contributed by atoms with Crippen LogP contribution in [0.25, 0.3) is 0 Å². The Labute approximate surface area is 130 Å². The van der Waals surface area contributed by atoms with Gasteiger partial charge in [-0.25, -0.2) is 0 Å². The van der Waals surface area contributed by atoms with E-state index in [0.29, 0.717) is 17.4 Å². The van der Waals surface area contributed by atoms with Crippen LogP contribution in [-0.2, 0) is 0 Å². The number of halogens is 1. The van der Waals surface area contributed by atoms with Gasteiger partial charge in [-0.05, 0) is 55.2 Å². The van der Waals surface area contributed by atoms with Crippen LogP contribution in [-0.4, -0.2) is 10.1 Å². The van der Waals surface area contributed by atoms with Crippen LogP contribution in [0, 0.1) is 6.92 Å². The SMILES string of the molecule is Cc1cc(Cl)c(C(C)C)cc1Oc1ccc([C@H](C)O)nc1. The highest BCUT2D eigenvalue weighted by molar-refractivity contribution is 6.31. The zero-order valence-electron chi connectivity index (χ0n) is 12.7. The molecule has 0 saturated heterocycles. The molecule has 1 atom stereocenters. The Morgan fingerprint density at radius 1 is 1.19 bits per heavy atom. The van der Waals surface area contributed by atoms with E-state index in [-0.39, 0.29) is 0 Å². The van der Waals surface area contributed by atoms with Gasteiger partial charge in [0.25, 0.3) is 0 Å². The van der Waals surface area contributed by atoms with E-state index in [4.69, 9.17) is 16.3 Å². The van der Waals surface area contributed by atoms with E-state index in [2.05, 4.69) is 18.8 Å². The topological polar surface area (TPSA) is 42.4 Å². The highest BCUT2D eigenvalue weighted by Gasteiger charge is 2.11. The third-order valence-electron chi connectivity index (χ3n) is 3.33. The first-order valence-electron chi connectivity index (χ1n) is 7.00. The predicted octanol–water partition coefficient (Wildman–Crippen LogP) is 5.01. The third kappa shape index (κ3) is 3.74. The van der Waals surface area contributed by atoms with E-state index in [1.807, 2.05) is 19.1 Å². The van der Waals surface area contributed by atoms with Crippen LogP contribution in [0.2, 0.25) is 5.02 Å². The quantitative estimate of drug-likeness (QED) is 0.863. The van der Waals surface area contributed by atoms with Gasteiger partial charge in [-0.3, -0.25) is 4.98 Å². The lowest BCUT2D eigenvalue weighted by molar-refractivity contribution is 0.194. The second-order valence-corrected chi connectivity index (χ2v) is 5.90. The van der Waals surface area contributed by atoms with Gasteiger partial charge in [-0.15, -0.1) is 0 Å². The maximum absolute atomic E-state index is 9.46. The van der Waals surface area contributed by atoms with Crippen molar-refractivity contribution < 1.29 is 9.84 Å². The zero-order valence-corrected chi connectivity index (χ0v) is 13.5. The van der Waals surface area contributed by atoms with Crippen LogP contribution < -0.4 is 4.74 Å². The molecule has 1 N–H and O–H groups in total. The number of aliphatic hydroxyl groups is 1. The first-order valence-corrected chi connectivity index (χ1v) is 7.38. The van der Waals surface area contributed by atoms with Crippen molar-refractivity contribution in [2.24, 2.45) is 0 Å². The summed E-state index contributed by atoms with van der Waals surface area (Å²) in [5.41, 5.74) is 2.66. The lowest BCUT2D eigenvalue weighted by Crippen LogP contribution is -1.97. The first kappa shape index (κ1) is 15.8. The number of aliphatic hydroxyl groups excluding tert-OH is 1. The molecule has 3 nitrogen and oxygen atoms in total. The largest absolute Gasteiger partial charge is 0.455 e. The van der Waals surface area contributed by atoms with Crippen molar-refractivity contribution in [1.29, 1.82) is 0 Å². The van der Waals surface area contributed by atoms with Crippen LogP contribution in [0.3, 0.4) is 0 Å². The maximum Gasteiger partial charge on any atom is 0.145 e. The van der Waals surface area contributed by atoms with Crippen LogP contribution in [0.4, 0.5) is 0 Å². The molecule has 1 aromatic carbocycles. The molecule has 2 aromatic rings. The minimum Gasteiger partial charge on any atom is -0.455 e. The second-order valence-electron chi connectivity index (χ2n) is 5.49. The molecular weight excluding hydrogens is 286 g/mol. The van der Waals surface area contributed by atoms with Gasteiger partial charge in [-0.1, -0.05) is 25.4 Å². The Balaban J connectivity index is 2.28. The van der Waals surface area contributed by atoms with Gasteiger partial charge in [0.2, 0.25) is 0 Å². The lowest BCUT2D eigenvalue weighted by Gasteiger charge is -2.14. The molecule has 0 bridgehead atoms. The first-order chi connectivity index (χ1) is 9.88. The molecule has 1 aromatic heterocycles. The Bertz CT molecular complexity index is 621. The molecule has 0 aliphatic rings. The second kappa shape index (κ2) is 6.46. The fourth-order valence-corrected chi connectivity index (χ4v) is 2.48. The number of aryl methyl sites for hydroxylation is 1. The Hall–Kier alpha value is -1.58. The maximum atomic E-state index is 9.46. The van der Waals surface area contributed by atoms with Crippen molar-refractivity contribution in [3.8, 4) is 11.5 Å². The van der Waals surface area contributed by atoms with Gasteiger partial charge >= 0.3 is 0 Å². The molecule has 0 aliphatic carbocycles. The lowest BCUT2D eigenvalue weighted by atomic mass is 10.0.